The van der Waals surface area contributed by atoms with Gasteiger partial charge < -0.3 is 10.2 Å². The van der Waals surface area contributed by atoms with Gasteiger partial charge in [-0.1, -0.05) is 5.57 Å². The fourth-order valence-corrected chi connectivity index (χ4v) is 0.471. The van der Waals surface area contributed by atoms with Crippen LogP contribution >= 0.6 is 0 Å². The molecule has 0 saturated carbocycles. The summed E-state index contributed by atoms with van der Waals surface area (Å²) in [5.74, 6) is -0.442. The van der Waals surface area contributed by atoms with Crippen molar-refractivity contribution in [2.45, 2.75) is 20.0 Å². The summed E-state index contributed by atoms with van der Waals surface area (Å²) in [7, 11) is 0. The Morgan fingerprint density at radius 3 is 2.40 bits per heavy atom. The molecule has 0 rings (SSSR count). The number of carbonyl (C=O) groups is 1. The number of carbonyl (C=O) groups excluding carboxylic acids is 1. The Hall–Kier alpha value is -0.670. The van der Waals surface area contributed by atoms with E-state index in [2.05, 4.69) is 0 Å². The second-order valence-electron chi connectivity index (χ2n) is 2.32. The van der Waals surface area contributed by atoms with Crippen molar-refractivity contribution in [3.63, 3.8) is 0 Å². The molecule has 0 fully saturated rings. The highest BCUT2D eigenvalue weighted by molar-refractivity contribution is 5.93. The molecule has 58 valence electrons. The Balaban J connectivity index is 3.97. The van der Waals surface area contributed by atoms with Crippen LogP contribution in [-0.2, 0) is 4.79 Å². The van der Waals surface area contributed by atoms with Crippen LogP contribution in [0, 0.1) is 0 Å². The molecule has 0 aromatic heterocycles. The van der Waals surface area contributed by atoms with E-state index >= 15 is 0 Å². The van der Waals surface area contributed by atoms with E-state index in [1.807, 2.05) is 0 Å². The predicted molar refractivity (Wildman–Crippen MR) is 37.5 cm³/mol. The molecule has 0 aromatic rings. The molecule has 0 bridgehead atoms. The standard InChI is InChI=1S/C7H12O3/c1-5(2)3-6(9)7(10)4-8/h3,7-8,10H,4H2,1-2H3. The molecule has 0 aliphatic heterocycles. The molecule has 0 heterocycles. The largest absolute Gasteiger partial charge is 0.393 e. The maximum Gasteiger partial charge on any atom is 0.186 e. The van der Waals surface area contributed by atoms with Gasteiger partial charge in [-0.15, -0.1) is 0 Å². The molecule has 0 aliphatic rings. The van der Waals surface area contributed by atoms with Gasteiger partial charge in [0.25, 0.3) is 0 Å². The summed E-state index contributed by atoms with van der Waals surface area (Å²) in [5.41, 5.74) is 0.817. The zero-order chi connectivity index (χ0) is 8.15. The lowest BCUT2D eigenvalue weighted by atomic mass is 10.2. The van der Waals surface area contributed by atoms with Gasteiger partial charge in [0.1, 0.15) is 6.10 Å². The Morgan fingerprint density at radius 1 is 1.60 bits per heavy atom. The van der Waals surface area contributed by atoms with Crippen molar-refractivity contribution >= 4 is 5.78 Å². The molecule has 0 radical (unpaired) electrons. The van der Waals surface area contributed by atoms with E-state index in [9.17, 15) is 4.79 Å². The highest BCUT2D eigenvalue weighted by atomic mass is 16.3. The van der Waals surface area contributed by atoms with Crippen LogP contribution in [0.25, 0.3) is 0 Å². The van der Waals surface area contributed by atoms with Crippen molar-refractivity contribution in [2.24, 2.45) is 0 Å². The molecule has 2 N–H and O–H groups in total. The third-order valence-corrected chi connectivity index (χ3v) is 0.932. The second-order valence-corrected chi connectivity index (χ2v) is 2.32. The summed E-state index contributed by atoms with van der Waals surface area (Å²) in [5, 5.41) is 17.0. The summed E-state index contributed by atoms with van der Waals surface area (Å²) in [6, 6.07) is 0. The molecule has 3 heteroatoms. The smallest absolute Gasteiger partial charge is 0.186 e. The summed E-state index contributed by atoms with van der Waals surface area (Å²) < 4.78 is 0. The van der Waals surface area contributed by atoms with Gasteiger partial charge in [0, 0.05) is 0 Å². The van der Waals surface area contributed by atoms with Gasteiger partial charge in [-0.3, -0.25) is 4.79 Å². The van der Waals surface area contributed by atoms with E-state index in [-0.39, 0.29) is 0 Å². The molecular formula is C7H12O3. The predicted octanol–water partition coefficient (Wildman–Crippen LogP) is -0.125. The molecule has 3 nitrogen and oxygen atoms in total. The van der Waals surface area contributed by atoms with Crippen molar-refractivity contribution in [3.05, 3.63) is 11.6 Å². The zero-order valence-corrected chi connectivity index (χ0v) is 6.16. The van der Waals surface area contributed by atoms with Gasteiger partial charge in [-0.2, -0.15) is 0 Å². The maximum atomic E-state index is 10.7. The first-order valence-electron chi connectivity index (χ1n) is 3.05. The molecule has 0 amide bonds. The minimum atomic E-state index is -1.25. The Labute approximate surface area is 60.0 Å². The molecular weight excluding hydrogens is 132 g/mol. The number of ketones is 1. The molecule has 10 heavy (non-hydrogen) atoms. The quantitative estimate of drug-likeness (QED) is 0.543. The lowest BCUT2D eigenvalue weighted by Gasteiger charge is -2.00. The molecule has 0 aromatic carbocycles. The molecule has 0 spiro atoms. The first-order valence-corrected chi connectivity index (χ1v) is 3.05. The second kappa shape index (κ2) is 4.19. The lowest BCUT2D eigenvalue weighted by Crippen LogP contribution is -2.22. The van der Waals surface area contributed by atoms with E-state index < -0.39 is 18.5 Å². The van der Waals surface area contributed by atoms with Crippen LogP contribution in [-0.4, -0.2) is 28.7 Å². The lowest BCUT2D eigenvalue weighted by molar-refractivity contribution is -0.124. The van der Waals surface area contributed by atoms with Gasteiger partial charge in [0.05, 0.1) is 6.61 Å². The fraction of sp³-hybridized carbons (Fsp3) is 0.571. The molecule has 0 aliphatic carbocycles. The Morgan fingerprint density at radius 2 is 2.10 bits per heavy atom. The van der Waals surface area contributed by atoms with Crippen molar-refractivity contribution in [2.75, 3.05) is 6.61 Å². The van der Waals surface area contributed by atoms with E-state index in [0.29, 0.717) is 0 Å². The Kier molecular flexibility index (Phi) is 3.91. The average molecular weight is 144 g/mol. The third-order valence-electron chi connectivity index (χ3n) is 0.932. The van der Waals surface area contributed by atoms with Crippen molar-refractivity contribution in [1.29, 1.82) is 0 Å². The summed E-state index contributed by atoms with van der Waals surface area (Å²) in [6.07, 6.45) is 0.0517. The number of allylic oxidation sites excluding steroid dienone is 1. The van der Waals surface area contributed by atoms with Crippen LogP contribution < -0.4 is 0 Å². The van der Waals surface area contributed by atoms with Crippen molar-refractivity contribution in [1.82, 2.24) is 0 Å². The third kappa shape index (κ3) is 3.37. The van der Waals surface area contributed by atoms with Gasteiger partial charge in [0.2, 0.25) is 0 Å². The van der Waals surface area contributed by atoms with E-state index in [1.54, 1.807) is 13.8 Å². The van der Waals surface area contributed by atoms with Crippen molar-refractivity contribution in [3.8, 4) is 0 Å². The van der Waals surface area contributed by atoms with Crippen molar-refractivity contribution < 1.29 is 15.0 Å². The van der Waals surface area contributed by atoms with Crippen LogP contribution in [0.2, 0.25) is 0 Å². The summed E-state index contributed by atoms with van der Waals surface area (Å²) in [4.78, 5) is 10.7. The molecule has 0 saturated heterocycles. The number of aliphatic hydroxyl groups is 2. The van der Waals surface area contributed by atoms with Gasteiger partial charge >= 0.3 is 0 Å². The van der Waals surface area contributed by atoms with Crippen LogP contribution in [0.1, 0.15) is 13.8 Å². The first kappa shape index (κ1) is 9.33. The van der Waals surface area contributed by atoms with E-state index in [0.717, 1.165) is 5.57 Å². The SMILES string of the molecule is CC(C)=CC(=O)C(O)CO. The number of aliphatic hydroxyl groups excluding tert-OH is 2. The highest BCUT2D eigenvalue weighted by Gasteiger charge is 2.09. The number of hydrogen-bond donors (Lipinski definition) is 2. The van der Waals surface area contributed by atoms with Gasteiger partial charge in [0.15, 0.2) is 5.78 Å². The van der Waals surface area contributed by atoms with Crippen LogP contribution in [0.5, 0.6) is 0 Å². The Bertz CT molecular complexity index is 145. The highest BCUT2D eigenvalue weighted by Crippen LogP contribution is 1.92. The van der Waals surface area contributed by atoms with Gasteiger partial charge in [-0.05, 0) is 19.9 Å². The van der Waals surface area contributed by atoms with Crippen LogP contribution in [0.4, 0.5) is 0 Å². The van der Waals surface area contributed by atoms with E-state index in [1.165, 1.54) is 6.08 Å². The first-order chi connectivity index (χ1) is 4.57. The van der Waals surface area contributed by atoms with Crippen LogP contribution in [0.15, 0.2) is 11.6 Å². The minimum Gasteiger partial charge on any atom is -0.393 e. The summed E-state index contributed by atoms with van der Waals surface area (Å²) in [6.45, 7) is 2.99. The topological polar surface area (TPSA) is 57.5 Å². The molecule has 1 unspecified atom stereocenters. The van der Waals surface area contributed by atoms with E-state index in [4.69, 9.17) is 10.2 Å². The molecule has 1 atom stereocenters. The average Bonchev–Trinajstić information content (AvgIpc) is 1.85. The van der Waals surface area contributed by atoms with Crippen LogP contribution in [0.3, 0.4) is 0 Å². The summed E-state index contributed by atoms with van der Waals surface area (Å²) >= 11 is 0. The monoisotopic (exact) mass is 144 g/mol. The maximum absolute atomic E-state index is 10.7. The number of rotatable bonds is 3. The normalized spacial score (nSPS) is 12.4. The number of hydrogen-bond acceptors (Lipinski definition) is 3. The fourth-order valence-electron chi connectivity index (χ4n) is 0.471. The minimum absolute atomic E-state index is 0.442. The zero-order valence-electron chi connectivity index (χ0n) is 6.16. The van der Waals surface area contributed by atoms with Gasteiger partial charge in [-0.25, -0.2) is 0 Å².